The van der Waals surface area contributed by atoms with E-state index in [1.54, 1.807) is 0 Å². The van der Waals surface area contributed by atoms with Crippen molar-refractivity contribution in [2.24, 2.45) is 0 Å². The maximum atomic E-state index is 11.9. The fraction of sp³-hybridized carbons (Fsp3) is 0. The van der Waals surface area contributed by atoms with Crippen molar-refractivity contribution in [3.8, 4) is 0 Å². The summed E-state index contributed by atoms with van der Waals surface area (Å²) >= 11 is 5.60. The zero-order valence-corrected chi connectivity index (χ0v) is 12.5. The van der Waals surface area contributed by atoms with Crippen molar-refractivity contribution in [1.29, 1.82) is 0 Å². The second kappa shape index (κ2) is 5.64. The number of rotatable bonds is 2. The first kappa shape index (κ1) is 12.6. The quantitative estimate of drug-likeness (QED) is 0.746. The third kappa shape index (κ3) is 3.29. The van der Waals surface area contributed by atoms with Crippen LogP contribution >= 0.6 is 38.5 Å². The summed E-state index contributed by atoms with van der Waals surface area (Å²) in [6.45, 7) is 0. The van der Waals surface area contributed by atoms with Gasteiger partial charge in [-0.05, 0) is 74.9 Å². The lowest BCUT2D eigenvalue weighted by atomic mass is 10.2. The molecule has 2 nitrogen and oxygen atoms in total. The molecule has 0 fully saturated rings. The number of amides is 1. The van der Waals surface area contributed by atoms with Gasteiger partial charge in [0, 0.05) is 13.6 Å². The van der Waals surface area contributed by atoms with Crippen molar-refractivity contribution in [3.05, 3.63) is 62.1 Å². The summed E-state index contributed by atoms with van der Waals surface area (Å²) < 4.78 is 1.99. The van der Waals surface area contributed by atoms with Crippen LogP contribution in [0.3, 0.4) is 0 Å². The van der Waals surface area contributed by atoms with E-state index in [1.807, 2.05) is 48.5 Å². The number of hydrogen-bond donors (Lipinski definition) is 1. The Labute approximate surface area is 122 Å². The van der Waals surface area contributed by atoms with E-state index < -0.39 is 0 Å². The molecule has 2 aromatic rings. The standard InChI is InChI=1S/C13H9BrINO/c14-11-3-1-2-4-12(11)16-13(17)9-5-7-10(15)8-6-9/h1-8H,(H,16,17). The minimum Gasteiger partial charge on any atom is -0.321 e. The number of carbonyl (C=O) groups is 1. The number of para-hydroxylation sites is 1. The summed E-state index contributed by atoms with van der Waals surface area (Å²) in [4.78, 5) is 11.9. The van der Waals surface area contributed by atoms with Crippen LogP contribution in [0.15, 0.2) is 53.0 Å². The van der Waals surface area contributed by atoms with Gasteiger partial charge in [0.05, 0.1) is 5.69 Å². The predicted octanol–water partition coefficient (Wildman–Crippen LogP) is 4.31. The largest absolute Gasteiger partial charge is 0.321 e. The van der Waals surface area contributed by atoms with Crippen LogP contribution in [-0.2, 0) is 0 Å². The average molecular weight is 402 g/mol. The molecule has 0 bridgehead atoms. The van der Waals surface area contributed by atoms with Crippen molar-refractivity contribution in [2.75, 3.05) is 5.32 Å². The highest BCUT2D eigenvalue weighted by atomic mass is 127. The van der Waals surface area contributed by atoms with E-state index in [0.717, 1.165) is 13.7 Å². The number of halogens is 2. The normalized spacial score (nSPS) is 10.0. The lowest BCUT2D eigenvalue weighted by molar-refractivity contribution is 0.102. The van der Waals surface area contributed by atoms with Crippen LogP contribution in [0.25, 0.3) is 0 Å². The molecule has 0 aliphatic carbocycles. The molecule has 86 valence electrons. The van der Waals surface area contributed by atoms with Gasteiger partial charge in [-0.1, -0.05) is 12.1 Å². The summed E-state index contributed by atoms with van der Waals surface area (Å²) in [7, 11) is 0. The lowest BCUT2D eigenvalue weighted by Gasteiger charge is -2.07. The Morgan fingerprint density at radius 1 is 1.06 bits per heavy atom. The van der Waals surface area contributed by atoms with Crippen LogP contribution < -0.4 is 5.32 Å². The van der Waals surface area contributed by atoms with Crippen LogP contribution in [0.4, 0.5) is 5.69 Å². The van der Waals surface area contributed by atoms with Crippen molar-refractivity contribution >= 4 is 50.1 Å². The van der Waals surface area contributed by atoms with Gasteiger partial charge < -0.3 is 5.32 Å². The van der Waals surface area contributed by atoms with Gasteiger partial charge in [0.2, 0.25) is 0 Å². The Morgan fingerprint density at radius 2 is 1.71 bits per heavy atom. The summed E-state index contributed by atoms with van der Waals surface area (Å²) in [5.74, 6) is -0.103. The Kier molecular flexibility index (Phi) is 4.17. The molecule has 4 heteroatoms. The van der Waals surface area contributed by atoms with Gasteiger partial charge in [-0.3, -0.25) is 4.79 Å². The molecule has 0 aliphatic heterocycles. The highest BCUT2D eigenvalue weighted by Crippen LogP contribution is 2.21. The smallest absolute Gasteiger partial charge is 0.255 e. The number of nitrogens with one attached hydrogen (secondary N) is 1. The highest BCUT2D eigenvalue weighted by molar-refractivity contribution is 14.1. The summed E-state index contributed by atoms with van der Waals surface area (Å²) in [6, 6.07) is 15.0. The van der Waals surface area contributed by atoms with Crippen LogP contribution in [0.1, 0.15) is 10.4 Å². The van der Waals surface area contributed by atoms with E-state index in [2.05, 4.69) is 43.8 Å². The molecule has 0 atom stereocenters. The highest BCUT2D eigenvalue weighted by Gasteiger charge is 2.07. The third-order valence-corrected chi connectivity index (χ3v) is 3.64. The van der Waals surface area contributed by atoms with E-state index in [1.165, 1.54) is 0 Å². The van der Waals surface area contributed by atoms with Crippen LogP contribution in [0, 0.1) is 3.57 Å². The third-order valence-electron chi connectivity index (χ3n) is 2.23. The van der Waals surface area contributed by atoms with E-state index in [0.29, 0.717) is 5.56 Å². The van der Waals surface area contributed by atoms with Crippen LogP contribution in [0.5, 0.6) is 0 Å². The molecule has 1 N–H and O–H groups in total. The molecule has 0 aliphatic rings. The molecule has 0 saturated carbocycles. The van der Waals surface area contributed by atoms with Gasteiger partial charge in [-0.2, -0.15) is 0 Å². The zero-order valence-electron chi connectivity index (χ0n) is 8.78. The van der Waals surface area contributed by atoms with Gasteiger partial charge in [0.15, 0.2) is 0 Å². The summed E-state index contributed by atoms with van der Waals surface area (Å²) in [5.41, 5.74) is 1.43. The second-order valence-electron chi connectivity index (χ2n) is 3.44. The van der Waals surface area contributed by atoms with Crippen molar-refractivity contribution < 1.29 is 4.79 Å². The zero-order chi connectivity index (χ0) is 12.3. The van der Waals surface area contributed by atoms with Gasteiger partial charge >= 0.3 is 0 Å². The molecule has 0 spiro atoms. The fourth-order valence-electron chi connectivity index (χ4n) is 1.36. The first-order valence-corrected chi connectivity index (χ1v) is 6.85. The SMILES string of the molecule is O=C(Nc1ccccc1Br)c1ccc(I)cc1. The maximum Gasteiger partial charge on any atom is 0.255 e. The molecule has 0 saturated heterocycles. The molecule has 17 heavy (non-hydrogen) atoms. The first-order valence-electron chi connectivity index (χ1n) is 4.98. The molecule has 0 aromatic heterocycles. The number of carbonyl (C=O) groups excluding carboxylic acids is 1. The van der Waals surface area contributed by atoms with E-state index in [-0.39, 0.29) is 5.91 Å². The van der Waals surface area contributed by atoms with E-state index in [9.17, 15) is 4.79 Å². The molecular formula is C13H9BrINO. The molecule has 0 unspecified atom stereocenters. The number of hydrogen-bond acceptors (Lipinski definition) is 1. The molecular weight excluding hydrogens is 393 g/mol. The fourth-order valence-corrected chi connectivity index (χ4v) is 2.10. The topological polar surface area (TPSA) is 29.1 Å². The van der Waals surface area contributed by atoms with Crippen molar-refractivity contribution in [2.45, 2.75) is 0 Å². The molecule has 0 radical (unpaired) electrons. The average Bonchev–Trinajstić information content (AvgIpc) is 2.33. The second-order valence-corrected chi connectivity index (χ2v) is 5.54. The summed E-state index contributed by atoms with van der Waals surface area (Å²) in [6.07, 6.45) is 0. The Hall–Kier alpha value is -0.880. The van der Waals surface area contributed by atoms with Gasteiger partial charge in [-0.25, -0.2) is 0 Å². The molecule has 0 heterocycles. The van der Waals surface area contributed by atoms with Crippen molar-refractivity contribution in [1.82, 2.24) is 0 Å². The molecule has 2 rings (SSSR count). The van der Waals surface area contributed by atoms with E-state index >= 15 is 0 Å². The molecule has 1 amide bonds. The van der Waals surface area contributed by atoms with Crippen LogP contribution in [-0.4, -0.2) is 5.91 Å². The monoisotopic (exact) mass is 401 g/mol. The van der Waals surface area contributed by atoms with Gasteiger partial charge in [-0.15, -0.1) is 0 Å². The van der Waals surface area contributed by atoms with Crippen LogP contribution in [0.2, 0.25) is 0 Å². The Morgan fingerprint density at radius 3 is 2.35 bits per heavy atom. The Bertz CT molecular complexity index is 539. The number of benzene rings is 2. The minimum absolute atomic E-state index is 0.103. The Balaban J connectivity index is 2.17. The van der Waals surface area contributed by atoms with Gasteiger partial charge in [0.1, 0.15) is 0 Å². The molecule has 2 aromatic carbocycles. The minimum atomic E-state index is -0.103. The number of anilines is 1. The summed E-state index contributed by atoms with van der Waals surface area (Å²) in [5, 5.41) is 2.86. The van der Waals surface area contributed by atoms with Crippen molar-refractivity contribution in [3.63, 3.8) is 0 Å². The lowest BCUT2D eigenvalue weighted by Crippen LogP contribution is -2.12. The predicted molar refractivity (Wildman–Crippen MR) is 81.3 cm³/mol. The maximum absolute atomic E-state index is 11.9. The van der Waals surface area contributed by atoms with Gasteiger partial charge in [0.25, 0.3) is 5.91 Å². The van der Waals surface area contributed by atoms with E-state index in [4.69, 9.17) is 0 Å². The first-order chi connectivity index (χ1) is 8.16.